The van der Waals surface area contributed by atoms with Crippen LogP contribution < -0.4 is 0 Å². The van der Waals surface area contributed by atoms with Crippen molar-refractivity contribution in [3.8, 4) is 0 Å². The number of alkyl halides is 1. The highest BCUT2D eigenvalue weighted by molar-refractivity contribution is 7.90. The smallest absolute Gasteiger partial charge is 0.160 e. The molecule has 0 aliphatic heterocycles. The van der Waals surface area contributed by atoms with Gasteiger partial charge in [-0.25, -0.2) is 18.4 Å². The summed E-state index contributed by atoms with van der Waals surface area (Å²) in [4.78, 5) is 8.62. The fourth-order valence-corrected chi connectivity index (χ4v) is 2.68. The van der Waals surface area contributed by atoms with Crippen LogP contribution in [0.15, 0.2) is 18.3 Å². The SMILES string of the molecule is CS(=O)(=O)CCCn1c(CCl)nc2cccnc21. The van der Waals surface area contributed by atoms with E-state index in [0.717, 1.165) is 17.0 Å². The summed E-state index contributed by atoms with van der Waals surface area (Å²) in [5.74, 6) is 1.16. The van der Waals surface area contributed by atoms with Gasteiger partial charge >= 0.3 is 0 Å². The van der Waals surface area contributed by atoms with Crippen LogP contribution in [-0.2, 0) is 22.3 Å². The third-order valence-corrected chi connectivity index (χ3v) is 3.87. The van der Waals surface area contributed by atoms with Crippen LogP contribution in [0.25, 0.3) is 11.2 Å². The molecule has 98 valence electrons. The third kappa shape index (κ3) is 3.00. The van der Waals surface area contributed by atoms with Gasteiger partial charge < -0.3 is 4.57 Å². The number of pyridine rings is 1. The lowest BCUT2D eigenvalue weighted by Crippen LogP contribution is -2.09. The summed E-state index contributed by atoms with van der Waals surface area (Å²) >= 11 is 5.84. The van der Waals surface area contributed by atoms with Gasteiger partial charge in [0.05, 0.1) is 11.6 Å². The molecule has 2 aromatic rings. The maximum absolute atomic E-state index is 11.1. The molecule has 0 unspecified atom stereocenters. The average molecular weight is 288 g/mol. The lowest BCUT2D eigenvalue weighted by molar-refractivity contribution is 0.591. The number of sulfone groups is 1. The van der Waals surface area contributed by atoms with Crippen LogP contribution in [0.5, 0.6) is 0 Å². The summed E-state index contributed by atoms with van der Waals surface area (Å²) in [6, 6.07) is 3.68. The molecule has 0 aromatic carbocycles. The van der Waals surface area contributed by atoms with Crippen LogP contribution in [0, 0.1) is 0 Å². The Morgan fingerprint density at radius 3 is 2.89 bits per heavy atom. The van der Waals surface area contributed by atoms with E-state index in [-0.39, 0.29) is 11.6 Å². The largest absolute Gasteiger partial charge is 0.312 e. The Kier molecular flexibility index (Phi) is 3.87. The second kappa shape index (κ2) is 5.24. The molecule has 0 spiro atoms. The maximum atomic E-state index is 11.1. The minimum atomic E-state index is -2.94. The van der Waals surface area contributed by atoms with Crippen molar-refractivity contribution in [2.45, 2.75) is 18.8 Å². The zero-order valence-corrected chi connectivity index (χ0v) is 11.6. The number of imidazole rings is 1. The van der Waals surface area contributed by atoms with Crippen LogP contribution >= 0.6 is 11.6 Å². The molecule has 0 N–H and O–H groups in total. The van der Waals surface area contributed by atoms with E-state index in [1.54, 1.807) is 6.20 Å². The van der Waals surface area contributed by atoms with Crippen LogP contribution in [-0.4, -0.2) is 35.0 Å². The van der Waals surface area contributed by atoms with Gasteiger partial charge in [-0.15, -0.1) is 11.6 Å². The zero-order chi connectivity index (χ0) is 13.2. The van der Waals surface area contributed by atoms with Gasteiger partial charge in [-0.3, -0.25) is 0 Å². The van der Waals surface area contributed by atoms with E-state index in [4.69, 9.17) is 11.6 Å². The van der Waals surface area contributed by atoms with E-state index in [9.17, 15) is 8.42 Å². The van der Waals surface area contributed by atoms with Crippen LogP contribution in [0.1, 0.15) is 12.2 Å². The Morgan fingerprint density at radius 2 is 2.22 bits per heavy atom. The van der Waals surface area contributed by atoms with Gasteiger partial charge in [-0.1, -0.05) is 0 Å². The first kappa shape index (κ1) is 13.3. The van der Waals surface area contributed by atoms with Gasteiger partial charge in [0.15, 0.2) is 5.65 Å². The highest BCUT2D eigenvalue weighted by Gasteiger charge is 2.11. The molecule has 2 aromatic heterocycles. The monoisotopic (exact) mass is 287 g/mol. The van der Waals surface area contributed by atoms with E-state index in [1.165, 1.54) is 6.26 Å². The lowest BCUT2D eigenvalue weighted by Gasteiger charge is -2.06. The second-order valence-electron chi connectivity index (χ2n) is 4.14. The third-order valence-electron chi connectivity index (χ3n) is 2.60. The Morgan fingerprint density at radius 1 is 1.44 bits per heavy atom. The highest BCUT2D eigenvalue weighted by atomic mass is 35.5. The first-order valence-corrected chi connectivity index (χ1v) is 8.14. The molecule has 0 radical (unpaired) electrons. The topological polar surface area (TPSA) is 64.8 Å². The number of aromatic nitrogens is 3. The molecule has 2 heterocycles. The Bertz CT molecular complexity index is 651. The lowest BCUT2D eigenvalue weighted by atomic mass is 10.4. The van der Waals surface area contributed by atoms with Crippen molar-refractivity contribution in [3.63, 3.8) is 0 Å². The molecule has 0 aliphatic rings. The van der Waals surface area contributed by atoms with Crippen molar-refractivity contribution in [3.05, 3.63) is 24.2 Å². The molecule has 0 bridgehead atoms. The van der Waals surface area contributed by atoms with E-state index < -0.39 is 9.84 Å². The fourth-order valence-electron chi connectivity index (χ4n) is 1.83. The molecule has 0 saturated heterocycles. The van der Waals surface area contributed by atoms with Gasteiger partial charge in [-0.05, 0) is 18.6 Å². The van der Waals surface area contributed by atoms with Crippen LogP contribution in [0.4, 0.5) is 0 Å². The minimum Gasteiger partial charge on any atom is -0.312 e. The molecule has 0 amide bonds. The Balaban J connectivity index is 2.25. The average Bonchev–Trinajstić information content (AvgIpc) is 2.66. The molecule has 0 saturated carbocycles. The molecule has 0 atom stereocenters. The number of hydrogen-bond acceptors (Lipinski definition) is 4. The number of rotatable bonds is 5. The molecule has 0 fully saturated rings. The maximum Gasteiger partial charge on any atom is 0.160 e. The zero-order valence-electron chi connectivity index (χ0n) is 10.0. The predicted molar refractivity (Wildman–Crippen MR) is 71.4 cm³/mol. The summed E-state index contributed by atoms with van der Waals surface area (Å²) in [5.41, 5.74) is 1.54. The molecule has 2 rings (SSSR count). The first-order valence-electron chi connectivity index (χ1n) is 5.55. The van der Waals surface area contributed by atoms with Gasteiger partial charge in [0.25, 0.3) is 0 Å². The van der Waals surface area contributed by atoms with Crippen LogP contribution in [0.2, 0.25) is 0 Å². The number of aryl methyl sites for hydroxylation is 1. The van der Waals surface area contributed by atoms with Gasteiger partial charge in [0.1, 0.15) is 21.2 Å². The fraction of sp³-hybridized carbons (Fsp3) is 0.455. The van der Waals surface area contributed by atoms with Crippen molar-refractivity contribution in [2.24, 2.45) is 0 Å². The van der Waals surface area contributed by atoms with E-state index in [0.29, 0.717) is 13.0 Å². The summed E-state index contributed by atoms with van der Waals surface area (Å²) in [7, 11) is -2.94. The van der Waals surface area contributed by atoms with Crippen molar-refractivity contribution in [2.75, 3.05) is 12.0 Å². The van der Waals surface area contributed by atoms with Crippen molar-refractivity contribution in [1.82, 2.24) is 14.5 Å². The number of halogens is 1. The molecule has 5 nitrogen and oxygen atoms in total. The molecule has 0 aliphatic carbocycles. The van der Waals surface area contributed by atoms with Crippen molar-refractivity contribution >= 4 is 32.6 Å². The molecular weight excluding hydrogens is 274 g/mol. The minimum absolute atomic E-state index is 0.154. The summed E-state index contributed by atoms with van der Waals surface area (Å²) in [5, 5.41) is 0. The van der Waals surface area contributed by atoms with Crippen molar-refractivity contribution < 1.29 is 8.42 Å². The first-order chi connectivity index (χ1) is 8.51. The Hall–Kier alpha value is -1.14. The standard InChI is InChI=1S/C11H14ClN3O2S/c1-18(16,17)7-3-6-15-10(8-12)14-9-4-2-5-13-11(9)15/h2,4-5H,3,6-8H2,1H3. The van der Waals surface area contributed by atoms with Crippen molar-refractivity contribution in [1.29, 1.82) is 0 Å². The van der Waals surface area contributed by atoms with Gasteiger partial charge in [0, 0.05) is 19.0 Å². The van der Waals surface area contributed by atoms with E-state index >= 15 is 0 Å². The number of fused-ring (bicyclic) bond motifs is 1. The predicted octanol–water partition coefficient (Wildman–Crippen LogP) is 1.60. The molecule has 18 heavy (non-hydrogen) atoms. The molecular formula is C11H14ClN3O2S. The quantitative estimate of drug-likeness (QED) is 0.784. The summed E-state index contributed by atoms with van der Waals surface area (Å²) in [6.45, 7) is 0.558. The van der Waals surface area contributed by atoms with E-state index in [1.807, 2.05) is 16.7 Å². The van der Waals surface area contributed by atoms with E-state index in [2.05, 4.69) is 9.97 Å². The molecule has 7 heteroatoms. The van der Waals surface area contributed by atoms with Gasteiger partial charge in [0.2, 0.25) is 0 Å². The van der Waals surface area contributed by atoms with Gasteiger partial charge in [-0.2, -0.15) is 0 Å². The highest BCUT2D eigenvalue weighted by Crippen LogP contribution is 2.15. The summed E-state index contributed by atoms with van der Waals surface area (Å²) in [6.07, 6.45) is 3.46. The normalized spacial score (nSPS) is 12.1. The number of hydrogen-bond donors (Lipinski definition) is 0. The van der Waals surface area contributed by atoms with Crippen LogP contribution in [0.3, 0.4) is 0 Å². The summed E-state index contributed by atoms with van der Waals surface area (Å²) < 4.78 is 24.1. The Labute approximate surface area is 111 Å². The number of nitrogens with zero attached hydrogens (tertiary/aromatic N) is 3. The second-order valence-corrected chi connectivity index (χ2v) is 6.67.